The number of benzene rings is 7. The maximum atomic E-state index is 2.80. The minimum atomic E-state index is -0.262. The summed E-state index contributed by atoms with van der Waals surface area (Å²) in [6.45, 7) is 39.1. The highest BCUT2D eigenvalue weighted by atomic mass is 32.1. The van der Waals surface area contributed by atoms with E-state index in [1.807, 2.05) is 11.3 Å². The van der Waals surface area contributed by atoms with Crippen molar-refractivity contribution in [2.75, 3.05) is 4.81 Å². The number of hydrogen-bond acceptors (Lipinski definition) is 2. The Balaban J connectivity index is 1.22. The number of aromatic nitrogens is 1. The van der Waals surface area contributed by atoms with Gasteiger partial charge in [0.15, 0.2) is 0 Å². The highest BCUT2D eigenvalue weighted by Gasteiger charge is 2.51. The minimum Gasteiger partial charge on any atom is -0.376 e. The molecule has 4 heterocycles. The quantitative estimate of drug-likeness (QED) is 0.149. The summed E-state index contributed by atoms with van der Waals surface area (Å²) in [5.74, 6) is 0. The Morgan fingerprint density at radius 3 is 1.67 bits per heavy atom. The van der Waals surface area contributed by atoms with E-state index in [1.165, 1.54) is 162 Å². The fourth-order valence-corrected chi connectivity index (χ4v) is 16.3. The van der Waals surface area contributed by atoms with Gasteiger partial charge in [-0.15, -0.1) is 11.3 Å². The normalized spacial score (nSPS) is 19.2. The summed E-state index contributed by atoms with van der Waals surface area (Å²) in [4.78, 5) is 2.80. The molecule has 0 bridgehead atoms. The van der Waals surface area contributed by atoms with E-state index in [1.54, 1.807) is 0 Å². The van der Waals surface area contributed by atoms with Crippen LogP contribution in [0.5, 0.6) is 0 Å². The van der Waals surface area contributed by atoms with Gasteiger partial charge in [-0.3, -0.25) is 0 Å². The first kappa shape index (κ1) is 46.0. The number of fused-ring (bicyclic) bond motifs is 18. The lowest BCUT2D eigenvalue weighted by Gasteiger charge is -2.44. The summed E-state index contributed by atoms with van der Waals surface area (Å²) in [5, 5.41) is 5.64. The molecule has 0 N–H and O–H groups in total. The zero-order valence-electron chi connectivity index (χ0n) is 46.5. The Morgan fingerprint density at radius 1 is 0.493 bits per heavy atom. The van der Waals surface area contributed by atoms with Gasteiger partial charge in [0.05, 0.1) is 11.0 Å². The molecule has 73 heavy (non-hydrogen) atoms. The van der Waals surface area contributed by atoms with Crippen LogP contribution in [0.15, 0.2) is 103 Å². The smallest absolute Gasteiger partial charge is 0.333 e. The van der Waals surface area contributed by atoms with Gasteiger partial charge < -0.3 is 9.38 Å². The molecule has 368 valence electrons. The largest absolute Gasteiger partial charge is 0.376 e. The van der Waals surface area contributed by atoms with Gasteiger partial charge >= 0.3 is 6.85 Å². The van der Waals surface area contributed by atoms with Crippen LogP contribution in [0.25, 0.3) is 69.9 Å². The van der Waals surface area contributed by atoms with Crippen molar-refractivity contribution in [3.05, 3.63) is 148 Å². The Kier molecular flexibility index (Phi) is 8.83. The van der Waals surface area contributed by atoms with Crippen LogP contribution in [0.3, 0.4) is 0 Å². The second kappa shape index (κ2) is 14.0. The lowest BCUT2D eigenvalue weighted by molar-refractivity contribution is 0.332. The van der Waals surface area contributed by atoms with Crippen molar-refractivity contribution in [1.29, 1.82) is 0 Å². The predicted octanol–water partition coefficient (Wildman–Crippen LogP) is 18.0. The van der Waals surface area contributed by atoms with E-state index in [9.17, 15) is 0 Å². The molecule has 0 fully saturated rings. The molecule has 0 radical (unpaired) electrons. The molecule has 3 aliphatic carbocycles. The molecule has 4 heteroatoms. The molecule has 2 aliphatic heterocycles. The monoisotopic (exact) mass is 973 g/mol. The van der Waals surface area contributed by atoms with E-state index < -0.39 is 0 Å². The fraction of sp³-hybridized carbons (Fsp3) is 0.391. The van der Waals surface area contributed by atoms with E-state index in [-0.39, 0.29) is 44.8 Å². The lowest BCUT2D eigenvalue weighted by atomic mass is 9.43. The standard InChI is InChI=1S/C69H73BN2S/c1-63(2,3)38-21-24-40(25-22-38)72-54-37-56-42(43-33-47-50(36-55(43)73-56)68(13,14)30-28-65(47,7)8)32-44(54)59-60-57(41-19-17-18-20-46(41)69(60,15)16)58-45-34-48-49(67(11,12)29-27-66(48,9)10)35-53(45)71-52-26-23-39(64(4,5)6)31-51(52)70(72)61(59)62(58)71/h17-26,31-37H,27-30H2,1-16H3. The molecular formula is C69H73BN2S. The molecule has 5 aliphatic rings. The molecular weight excluding hydrogens is 900 g/mol. The second-order valence-corrected chi connectivity index (χ2v) is 29.8. The summed E-state index contributed by atoms with van der Waals surface area (Å²) in [5.41, 5.74) is 27.0. The van der Waals surface area contributed by atoms with Gasteiger partial charge in [0, 0.05) is 59.0 Å². The number of rotatable bonds is 1. The number of nitrogens with zero attached hydrogens (tertiary/aromatic N) is 2. The van der Waals surface area contributed by atoms with Gasteiger partial charge in [0.2, 0.25) is 0 Å². The minimum absolute atomic E-state index is 0.0338. The molecule has 14 rings (SSSR count). The van der Waals surface area contributed by atoms with E-state index in [0.29, 0.717) is 0 Å². The zero-order chi connectivity index (χ0) is 51.2. The Labute approximate surface area is 439 Å². The van der Waals surface area contributed by atoms with Gasteiger partial charge in [-0.05, 0) is 185 Å². The lowest BCUT2D eigenvalue weighted by Crippen LogP contribution is -2.61. The molecule has 7 aromatic carbocycles. The van der Waals surface area contributed by atoms with Gasteiger partial charge in [0.25, 0.3) is 0 Å². The molecule has 0 spiro atoms. The predicted molar refractivity (Wildman–Crippen MR) is 318 cm³/mol. The van der Waals surface area contributed by atoms with Crippen molar-refractivity contribution < 1.29 is 0 Å². The van der Waals surface area contributed by atoms with Crippen LogP contribution in [0, 0.1) is 0 Å². The molecule has 2 nitrogen and oxygen atoms in total. The fourth-order valence-electron chi connectivity index (χ4n) is 15.1. The van der Waals surface area contributed by atoms with E-state index in [0.717, 1.165) is 0 Å². The second-order valence-electron chi connectivity index (χ2n) is 28.7. The number of thiophene rings is 1. The highest BCUT2D eigenvalue weighted by molar-refractivity contribution is 7.26. The van der Waals surface area contributed by atoms with E-state index in [4.69, 9.17) is 0 Å². The highest BCUT2D eigenvalue weighted by Crippen LogP contribution is 2.61. The average molecular weight is 973 g/mol. The molecule has 0 atom stereocenters. The van der Waals surface area contributed by atoms with Gasteiger partial charge in [0.1, 0.15) is 0 Å². The summed E-state index contributed by atoms with van der Waals surface area (Å²) < 4.78 is 5.55. The van der Waals surface area contributed by atoms with Crippen molar-refractivity contribution in [3.8, 4) is 27.9 Å². The van der Waals surface area contributed by atoms with Crippen LogP contribution >= 0.6 is 11.3 Å². The third-order valence-electron chi connectivity index (χ3n) is 19.8. The molecule has 0 amide bonds. The summed E-state index contributed by atoms with van der Waals surface area (Å²) in [6, 6.07) is 42.7. The van der Waals surface area contributed by atoms with Crippen LogP contribution in [-0.2, 0) is 37.9 Å². The van der Waals surface area contributed by atoms with Crippen LogP contribution in [0.2, 0.25) is 0 Å². The first-order valence-corrected chi connectivity index (χ1v) is 28.4. The van der Waals surface area contributed by atoms with Crippen molar-refractivity contribution in [2.24, 2.45) is 0 Å². The molecule has 9 aromatic rings. The van der Waals surface area contributed by atoms with Gasteiger partial charge in [-0.25, -0.2) is 0 Å². The zero-order valence-corrected chi connectivity index (χ0v) is 47.3. The first-order valence-electron chi connectivity index (χ1n) is 27.6. The van der Waals surface area contributed by atoms with Crippen LogP contribution in [-0.4, -0.2) is 11.4 Å². The van der Waals surface area contributed by atoms with E-state index in [2.05, 4.69) is 223 Å². The molecule has 2 aromatic heterocycles. The van der Waals surface area contributed by atoms with Crippen molar-refractivity contribution in [3.63, 3.8) is 0 Å². The maximum absolute atomic E-state index is 2.80. The number of hydrogen-bond donors (Lipinski definition) is 0. The summed E-state index contributed by atoms with van der Waals surface area (Å²) in [6.07, 6.45) is 4.78. The van der Waals surface area contributed by atoms with Crippen molar-refractivity contribution in [1.82, 2.24) is 4.57 Å². The van der Waals surface area contributed by atoms with E-state index >= 15 is 0 Å². The Bertz CT molecular complexity index is 3960. The van der Waals surface area contributed by atoms with Crippen molar-refractivity contribution >= 4 is 82.5 Å². The summed E-state index contributed by atoms with van der Waals surface area (Å²) >= 11 is 2.01. The Morgan fingerprint density at radius 2 is 1.04 bits per heavy atom. The average Bonchev–Trinajstić information content (AvgIpc) is 3.94. The summed E-state index contributed by atoms with van der Waals surface area (Å²) in [7, 11) is 0. The maximum Gasteiger partial charge on any atom is 0.333 e. The van der Waals surface area contributed by atoms with Crippen molar-refractivity contribution in [2.45, 2.75) is 174 Å². The topological polar surface area (TPSA) is 8.17 Å². The molecule has 0 unspecified atom stereocenters. The SMILES string of the molecule is CC(C)(C)c1ccc(N2B3c4cc(C(C)(C)C)ccc4-n4c5cc6c(cc5c5c7c(c(c3c54)-c3cc4c(cc32)sc2cc3c(cc24)C(C)(C)CCC3(C)C)C(C)(C)c2ccccc2-7)C(C)(C)CCC6(C)C)cc1. The number of anilines is 2. The molecule has 0 saturated carbocycles. The molecule has 0 saturated heterocycles. The van der Waals surface area contributed by atoms with Gasteiger partial charge in [-0.1, -0.05) is 159 Å². The van der Waals surface area contributed by atoms with Crippen LogP contribution in [0.1, 0.15) is 181 Å². The third-order valence-corrected chi connectivity index (χ3v) is 20.9. The van der Waals surface area contributed by atoms with Crippen LogP contribution in [0.4, 0.5) is 11.4 Å². The van der Waals surface area contributed by atoms with Crippen LogP contribution < -0.4 is 15.7 Å². The van der Waals surface area contributed by atoms with Gasteiger partial charge in [-0.2, -0.15) is 0 Å². The first-order chi connectivity index (χ1) is 34.2. The third kappa shape index (κ3) is 6.00. The Hall–Kier alpha value is -5.58.